The van der Waals surface area contributed by atoms with Crippen LogP contribution >= 0.6 is 0 Å². The first-order valence-electron chi connectivity index (χ1n) is 8.48. The normalized spacial score (nSPS) is 12.0. The van der Waals surface area contributed by atoms with Crippen molar-refractivity contribution in [1.82, 2.24) is 9.73 Å². The molecule has 0 fully saturated rings. The largest absolute Gasteiger partial charge is 0.497 e. The highest BCUT2D eigenvalue weighted by Gasteiger charge is 2.16. The summed E-state index contributed by atoms with van der Waals surface area (Å²) in [7, 11) is 1.07. The van der Waals surface area contributed by atoms with Crippen LogP contribution in [0.5, 0.6) is 5.75 Å². The van der Waals surface area contributed by atoms with E-state index in [4.69, 9.17) is 4.74 Å². The van der Waals surface area contributed by atoms with E-state index in [1.807, 2.05) is 12.1 Å². The third-order valence-corrected chi connectivity index (χ3v) is 5.77. The quantitative estimate of drug-likeness (QED) is 0.517. The zero-order chi connectivity index (χ0) is 20.7. The molecule has 2 N–H and O–H groups in total. The van der Waals surface area contributed by atoms with Gasteiger partial charge in [0.15, 0.2) is 0 Å². The topological polar surface area (TPSA) is 100 Å². The lowest BCUT2D eigenvalue weighted by Gasteiger charge is -2.11. The van der Waals surface area contributed by atoms with Gasteiger partial charge in [0.05, 0.1) is 24.3 Å². The average Bonchev–Trinajstić information content (AvgIpc) is 2.70. The Morgan fingerprint density at radius 2 is 1.68 bits per heavy atom. The van der Waals surface area contributed by atoms with Crippen molar-refractivity contribution < 1.29 is 17.9 Å². The molecule has 2 aromatic carbocycles. The van der Waals surface area contributed by atoms with Crippen molar-refractivity contribution in [2.24, 2.45) is 5.10 Å². The van der Waals surface area contributed by atoms with Crippen molar-refractivity contribution in [3.8, 4) is 5.75 Å². The number of hydrogen-bond acceptors (Lipinski definition) is 6. The third-order valence-electron chi connectivity index (χ3n) is 3.94. The highest BCUT2D eigenvalue weighted by molar-refractivity contribution is 7.89. The third kappa shape index (κ3) is 5.54. The minimum absolute atomic E-state index is 0.0587. The SMILES string of the molecule is COc1ccc(NCC(=O)N/N=C(/C)c2ccc(S(=O)(=O)N(C)C)cc2)cc1. The number of ether oxygens (including phenoxy) is 1. The standard InChI is InChI=1S/C19H24N4O4S/c1-14(15-5-11-18(12-6-15)28(25,26)23(2)3)21-22-19(24)13-20-16-7-9-17(27-4)10-8-16/h5-12,20H,13H2,1-4H3,(H,22,24)/b21-14-. The molecule has 28 heavy (non-hydrogen) atoms. The van der Waals surface area contributed by atoms with Crippen molar-refractivity contribution in [3.63, 3.8) is 0 Å². The van der Waals surface area contributed by atoms with Gasteiger partial charge in [0.2, 0.25) is 10.0 Å². The minimum Gasteiger partial charge on any atom is -0.497 e. The van der Waals surface area contributed by atoms with Gasteiger partial charge in [-0.3, -0.25) is 4.79 Å². The van der Waals surface area contributed by atoms with Crippen LogP contribution in [0.15, 0.2) is 58.5 Å². The lowest BCUT2D eigenvalue weighted by Crippen LogP contribution is -2.26. The van der Waals surface area contributed by atoms with E-state index in [1.54, 1.807) is 38.3 Å². The molecule has 0 unspecified atom stereocenters. The summed E-state index contributed by atoms with van der Waals surface area (Å²) in [6.45, 7) is 1.79. The van der Waals surface area contributed by atoms with Crippen LogP contribution in [0, 0.1) is 0 Å². The summed E-state index contributed by atoms with van der Waals surface area (Å²) in [5.74, 6) is 0.432. The molecule has 1 amide bonds. The number of nitrogens with zero attached hydrogens (tertiary/aromatic N) is 2. The summed E-state index contributed by atoms with van der Waals surface area (Å²) in [5, 5.41) is 7.04. The molecule has 0 aliphatic carbocycles. The van der Waals surface area contributed by atoms with Gasteiger partial charge in [0.25, 0.3) is 5.91 Å². The van der Waals surface area contributed by atoms with Crippen molar-refractivity contribution in [2.45, 2.75) is 11.8 Å². The van der Waals surface area contributed by atoms with Gasteiger partial charge in [-0.1, -0.05) is 12.1 Å². The number of sulfonamides is 1. The van der Waals surface area contributed by atoms with Crippen LogP contribution in [0.2, 0.25) is 0 Å². The van der Waals surface area contributed by atoms with Crippen LogP contribution in [0.4, 0.5) is 5.69 Å². The summed E-state index contributed by atoms with van der Waals surface area (Å²) in [5.41, 5.74) is 4.53. The van der Waals surface area contributed by atoms with Crippen molar-refractivity contribution >= 4 is 27.3 Å². The number of anilines is 1. The Morgan fingerprint density at radius 1 is 1.07 bits per heavy atom. The van der Waals surface area contributed by atoms with Crippen molar-refractivity contribution in [1.29, 1.82) is 0 Å². The van der Waals surface area contributed by atoms with Gasteiger partial charge < -0.3 is 10.1 Å². The average molecular weight is 404 g/mol. The van der Waals surface area contributed by atoms with Gasteiger partial charge in [0, 0.05) is 19.8 Å². The number of rotatable bonds is 8. The van der Waals surface area contributed by atoms with Crippen LogP contribution in [0.3, 0.4) is 0 Å². The van der Waals surface area contributed by atoms with Gasteiger partial charge in [-0.15, -0.1) is 0 Å². The van der Waals surface area contributed by atoms with Gasteiger partial charge >= 0.3 is 0 Å². The summed E-state index contributed by atoms with van der Waals surface area (Å²) in [4.78, 5) is 12.1. The molecule has 0 aliphatic heterocycles. The van der Waals surface area contributed by atoms with Crippen molar-refractivity contribution in [2.75, 3.05) is 33.1 Å². The predicted octanol–water partition coefficient (Wildman–Crippen LogP) is 1.90. The van der Waals surface area contributed by atoms with Crippen LogP contribution < -0.4 is 15.5 Å². The summed E-state index contributed by atoms with van der Waals surface area (Å²) in [6.07, 6.45) is 0. The predicted molar refractivity (Wildman–Crippen MR) is 109 cm³/mol. The molecule has 2 aromatic rings. The summed E-state index contributed by atoms with van der Waals surface area (Å²) >= 11 is 0. The number of benzene rings is 2. The second-order valence-corrected chi connectivity index (χ2v) is 8.28. The Kier molecular flexibility index (Phi) is 7.13. The molecule has 0 heterocycles. The molecule has 2 rings (SSSR count). The smallest absolute Gasteiger partial charge is 0.259 e. The zero-order valence-electron chi connectivity index (χ0n) is 16.3. The van der Waals surface area contributed by atoms with E-state index in [0.29, 0.717) is 11.3 Å². The summed E-state index contributed by atoms with van der Waals surface area (Å²) in [6, 6.07) is 13.5. The molecule has 0 radical (unpaired) electrons. The van der Waals surface area contributed by atoms with E-state index in [2.05, 4.69) is 15.8 Å². The van der Waals surface area contributed by atoms with Gasteiger partial charge in [-0.05, 0) is 48.9 Å². The molecule has 0 aromatic heterocycles. The number of carbonyl (C=O) groups excluding carboxylic acids is 1. The van der Waals surface area contributed by atoms with Crippen LogP contribution in [-0.4, -0.2) is 52.1 Å². The van der Waals surface area contributed by atoms with Crippen molar-refractivity contribution in [3.05, 3.63) is 54.1 Å². The molecule has 0 bridgehead atoms. The molecule has 150 valence electrons. The van der Waals surface area contributed by atoms with E-state index in [1.165, 1.54) is 26.2 Å². The van der Waals surface area contributed by atoms with Gasteiger partial charge in [-0.2, -0.15) is 5.10 Å². The van der Waals surface area contributed by atoms with E-state index < -0.39 is 10.0 Å². The van der Waals surface area contributed by atoms with E-state index >= 15 is 0 Å². The Hall–Kier alpha value is -2.91. The number of nitrogens with one attached hydrogen (secondary N) is 2. The first kappa shape index (κ1) is 21.4. The molecule has 0 spiro atoms. The lowest BCUT2D eigenvalue weighted by atomic mass is 10.1. The van der Waals surface area contributed by atoms with Gasteiger partial charge in [0.1, 0.15) is 5.75 Å². The number of carbonyl (C=O) groups is 1. The first-order chi connectivity index (χ1) is 13.2. The molecule has 8 nitrogen and oxygen atoms in total. The minimum atomic E-state index is -3.48. The Morgan fingerprint density at radius 3 is 2.21 bits per heavy atom. The molecule has 0 atom stereocenters. The highest BCUT2D eigenvalue weighted by Crippen LogP contribution is 2.15. The van der Waals surface area contributed by atoms with Gasteiger partial charge in [-0.25, -0.2) is 18.1 Å². The maximum Gasteiger partial charge on any atom is 0.259 e. The Bertz CT molecular complexity index is 937. The number of methoxy groups -OCH3 is 1. The molecule has 0 saturated heterocycles. The van der Waals surface area contributed by atoms with Crippen LogP contribution in [0.25, 0.3) is 0 Å². The van der Waals surface area contributed by atoms with E-state index in [0.717, 1.165) is 15.7 Å². The molecule has 9 heteroatoms. The first-order valence-corrected chi connectivity index (χ1v) is 9.92. The molecular formula is C19H24N4O4S. The fourth-order valence-electron chi connectivity index (χ4n) is 2.22. The number of hydrogen-bond donors (Lipinski definition) is 2. The number of amides is 1. The second kappa shape index (κ2) is 9.34. The zero-order valence-corrected chi connectivity index (χ0v) is 17.1. The number of hydrazone groups is 1. The maximum absolute atomic E-state index is 12.1. The lowest BCUT2D eigenvalue weighted by molar-refractivity contribution is -0.119. The highest BCUT2D eigenvalue weighted by atomic mass is 32.2. The van der Waals surface area contributed by atoms with E-state index in [9.17, 15) is 13.2 Å². The fraction of sp³-hybridized carbons (Fsp3) is 0.263. The van der Waals surface area contributed by atoms with Crippen LogP contribution in [0.1, 0.15) is 12.5 Å². The molecule has 0 saturated carbocycles. The molecular weight excluding hydrogens is 380 g/mol. The maximum atomic E-state index is 12.1. The van der Waals surface area contributed by atoms with E-state index in [-0.39, 0.29) is 17.3 Å². The Balaban J connectivity index is 1.93. The second-order valence-electron chi connectivity index (χ2n) is 6.13. The monoisotopic (exact) mass is 404 g/mol. The Labute approximate surface area is 165 Å². The summed E-state index contributed by atoms with van der Waals surface area (Å²) < 4.78 is 30.4. The van der Waals surface area contributed by atoms with Crippen LogP contribution in [-0.2, 0) is 14.8 Å². The fourth-order valence-corrected chi connectivity index (χ4v) is 3.12. The molecule has 0 aliphatic rings.